The summed E-state index contributed by atoms with van der Waals surface area (Å²) in [6.45, 7) is 1.66. The highest BCUT2D eigenvalue weighted by atomic mass is 32.2. The molecule has 1 aromatic carbocycles. The highest BCUT2D eigenvalue weighted by Crippen LogP contribution is 2.27. The lowest BCUT2D eigenvalue weighted by atomic mass is 10.1. The van der Waals surface area contributed by atoms with E-state index in [0.29, 0.717) is 24.6 Å². The van der Waals surface area contributed by atoms with Gasteiger partial charge in [-0.05, 0) is 30.4 Å². The van der Waals surface area contributed by atoms with Crippen molar-refractivity contribution in [2.45, 2.75) is 31.2 Å². The number of aromatic hydroxyl groups is 1. The fraction of sp³-hybridized carbons (Fsp3) is 0.364. The zero-order valence-corrected chi connectivity index (χ0v) is 18.2. The number of thiophene rings is 1. The van der Waals surface area contributed by atoms with E-state index in [1.165, 1.54) is 11.8 Å². The van der Waals surface area contributed by atoms with E-state index < -0.39 is 0 Å². The monoisotopic (exact) mass is 444 g/mol. The van der Waals surface area contributed by atoms with E-state index in [-0.39, 0.29) is 17.8 Å². The van der Waals surface area contributed by atoms with Gasteiger partial charge in [0, 0.05) is 37.1 Å². The second-order valence-electron chi connectivity index (χ2n) is 7.19. The Labute approximate surface area is 183 Å². The fourth-order valence-electron chi connectivity index (χ4n) is 3.39. The Balaban J connectivity index is 1.34. The summed E-state index contributed by atoms with van der Waals surface area (Å²) >= 11 is 3.12. The molecular weight excluding hydrogens is 420 g/mol. The summed E-state index contributed by atoms with van der Waals surface area (Å²) in [5.41, 5.74) is 1.56. The summed E-state index contributed by atoms with van der Waals surface area (Å²) < 4.78 is 11.1. The molecule has 1 fully saturated rings. The molecule has 1 aliphatic heterocycles. The Morgan fingerprint density at radius 1 is 1.30 bits per heavy atom. The van der Waals surface area contributed by atoms with E-state index in [9.17, 15) is 9.90 Å². The van der Waals surface area contributed by atoms with Crippen molar-refractivity contribution in [3.8, 4) is 16.4 Å². The minimum Gasteiger partial charge on any atom is -0.508 e. The van der Waals surface area contributed by atoms with Crippen LogP contribution in [0.3, 0.4) is 0 Å². The van der Waals surface area contributed by atoms with Crippen LogP contribution < -0.4 is 0 Å². The molecule has 1 saturated heterocycles. The van der Waals surface area contributed by atoms with Crippen molar-refractivity contribution in [1.29, 1.82) is 0 Å². The largest absolute Gasteiger partial charge is 0.508 e. The topological polar surface area (TPSA) is 75.8 Å². The summed E-state index contributed by atoms with van der Waals surface area (Å²) in [5.74, 6) is 1.93. The summed E-state index contributed by atoms with van der Waals surface area (Å²) in [6.07, 6.45) is 2.05. The molecular formula is C22H24N2O4S2. The molecule has 1 aliphatic rings. The Morgan fingerprint density at radius 3 is 2.97 bits per heavy atom. The number of para-hydroxylation sites is 1. The first kappa shape index (κ1) is 21.0. The van der Waals surface area contributed by atoms with Crippen molar-refractivity contribution in [3.05, 3.63) is 59.1 Å². The molecule has 1 N–H and O–H groups in total. The number of benzene rings is 1. The maximum atomic E-state index is 13.0. The van der Waals surface area contributed by atoms with Crippen LogP contribution in [0.5, 0.6) is 5.75 Å². The van der Waals surface area contributed by atoms with Crippen molar-refractivity contribution in [2.24, 2.45) is 0 Å². The lowest BCUT2D eigenvalue weighted by Gasteiger charge is -2.26. The van der Waals surface area contributed by atoms with Gasteiger partial charge in [0.1, 0.15) is 5.75 Å². The highest BCUT2D eigenvalue weighted by molar-refractivity contribution is 7.99. The maximum absolute atomic E-state index is 13.0. The van der Waals surface area contributed by atoms with Gasteiger partial charge in [-0.3, -0.25) is 4.79 Å². The Morgan fingerprint density at radius 2 is 2.20 bits per heavy atom. The lowest BCUT2D eigenvalue weighted by molar-refractivity contribution is -0.130. The Hall–Kier alpha value is -2.29. The molecule has 6 nitrogen and oxygen atoms in total. The number of carbonyl (C=O) groups excluding carboxylic acids is 1. The van der Waals surface area contributed by atoms with Gasteiger partial charge in [-0.15, -0.1) is 23.1 Å². The summed E-state index contributed by atoms with van der Waals surface area (Å²) in [5, 5.41) is 16.2. The van der Waals surface area contributed by atoms with Crippen molar-refractivity contribution >= 4 is 29.0 Å². The zero-order chi connectivity index (χ0) is 20.8. The molecule has 0 radical (unpaired) electrons. The first-order valence-electron chi connectivity index (χ1n) is 9.92. The molecule has 1 amide bonds. The Bertz CT molecular complexity index is 952. The van der Waals surface area contributed by atoms with Crippen LogP contribution in [0.1, 0.15) is 24.1 Å². The molecule has 3 aromatic rings. The third-order valence-electron chi connectivity index (χ3n) is 4.95. The number of aromatic nitrogens is 1. The molecule has 0 spiro atoms. The predicted molar refractivity (Wildman–Crippen MR) is 118 cm³/mol. The van der Waals surface area contributed by atoms with Gasteiger partial charge in [0.05, 0.1) is 22.4 Å². The second-order valence-corrected chi connectivity index (χ2v) is 9.12. The van der Waals surface area contributed by atoms with E-state index in [0.717, 1.165) is 41.3 Å². The highest BCUT2D eigenvalue weighted by Gasteiger charge is 2.23. The number of carbonyl (C=O) groups is 1. The van der Waals surface area contributed by atoms with Crippen LogP contribution in [0.25, 0.3) is 10.6 Å². The van der Waals surface area contributed by atoms with Gasteiger partial charge in [-0.2, -0.15) is 0 Å². The van der Waals surface area contributed by atoms with Gasteiger partial charge < -0.3 is 19.3 Å². The van der Waals surface area contributed by atoms with Crippen LogP contribution >= 0.6 is 23.1 Å². The quantitative estimate of drug-likeness (QED) is 0.522. The van der Waals surface area contributed by atoms with Gasteiger partial charge in [0.2, 0.25) is 5.91 Å². The second kappa shape index (κ2) is 10.1. The van der Waals surface area contributed by atoms with Crippen molar-refractivity contribution < 1.29 is 19.2 Å². The molecule has 8 heteroatoms. The average Bonchev–Trinajstić information content (AvgIpc) is 3.51. The van der Waals surface area contributed by atoms with Gasteiger partial charge in [0.15, 0.2) is 5.76 Å². The minimum absolute atomic E-state index is 0.0285. The zero-order valence-electron chi connectivity index (χ0n) is 16.5. The normalized spacial score (nSPS) is 16.1. The average molecular weight is 445 g/mol. The first-order valence-corrected chi connectivity index (χ1v) is 12.0. The number of phenolic OH excluding ortho intramolecular Hbond substituents is 1. The van der Waals surface area contributed by atoms with Crippen LogP contribution in [0, 0.1) is 0 Å². The summed E-state index contributed by atoms with van der Waals surface area (Å²) in [7, 11) is 0. The molecule has 158 valence electrons. The van der Waals surface area contributed by atoms with Gasteiger partial charge in [0.25, 0.3) is 0 Å². The summed E-state index contributed by atoms with van der Waals surface area (Å²) in [6, 6.07) is 13.0. The number of thioether (sulfide) groups is 1. The number of hydrogen-bond donors (Lipinski definition) is 1. The number of amides is 1. The minimum atomic E-state index is 0.0285. The van der Waals surface area contributed by atoms with Crippen molar-refractivity contribution in [3.63, 3.8) is 0 Å². The molecule has 1 unspecified atom stereocenters. The number of phenols is 1. The number of nitrogens with zero attached hydrogens (tertiary/aromatic N) is 2. The lowest BCUT2D eigenvalue weighted by Crippen LogP contribution is -2.38. The van der Waals surface area contributed by atoms with Crippen molar-refractivity contribution in [1.82, 2.24) is 10.1 Å². The van der Waals surface area contributed by atoms with E-state index in [2.05, 4.69) is 5.16 Å². The third kappa shape index (κ3) is 5.44. The number of rotatable bonds is 9. The SMILES string of the molecule is O=C(CSCc1cc(-c2cccs2)on1)N(Cc1ccccc1O)CC1CCCO1. The molecule has 3 heterocycles. The third-order valence-corrected chi connectivity index (χ3v) is 6.79. The molecule has 0 bridgehead atoms. The fourth-order valence-corrected chi connectivity index (χ4v) is 4.87. The van der Waals surface area contributed by atoms with Gasteiger partial charge in [-0.25, -0.2) is 0 Å². The van der Waals surface area contributed by atoms with Crippen LogP contribution in [0.4, 0.5) is 0 Å². The standard InChI is InChI=1S/C22H24N2O4S2/c25-19-7-2-1-5-16(19)12-24(13-18-6-3-9-27-18)22(26)15-29-14-17-11-20(28-23-17)21-8-4-10-30-21/h1-2,4-5,7-8,10-11,18,25H,3,6,9,12-15H2. The van der Waals surface area contributed by atoms with Crippen LogP contribution in [0.2, 0.25) is 0 Å². The van der Waals surface area contributed by atoms with Crippen molar-refractivity contribution in [2.75, 3.05) is 18.9 Å². The first-order chi connectivity index (χ1) is 14.7. The van der Waals surface area contributed by atoms with E-state index in [1.54, 1.807) is 28.4 Å². The molecule has 4 rings (SSSR count). The van der Waals surface area contributed by atoms with E-state index in [4.69, 9.17) is 9.26 Å². The molecule has 0 aliphatic carbocycles. The molecule has 0 saturated carbocycles. The predicted octanol–water partition coefficient (Wildman–Crippen LogP) is 4.55. The Kier molecular flexibility index (Phi) is 7.09. The smallest absolute Gasteiger partial charge is 0.232 e. The number of ether oxygens (including phenoxy) is 1. The van der Waals surface area contributed by atoms with Crippen LogP contribution in [0.15, 0.2) is 52.4 Å². The molecule has 30 heavy (non-hydrogen) atoms. The molecule has 1 atom stereocenters. The summed E-state index contributed by atoms with van der Waals surface area (Å²) in [4.78, 5) is 15.8. The van der Waals surface area contributed by atoms with Crippen LogP contribution in [-0.4, -0.2) is 46.1 Å². The van der Waals surface area contributed by atoms with Gasteiger partial charge in [-0.1, -0.05) is 29.4 Å². The maximum Gasteiger partial charge on any atom is 0.232 e. The number of hydrogen-bond acceptors (Lipinski definition) is 7. The van der Waals surface area contributed by atoms with E-state index in [1.807, 2.05) is 35.7 Å². The van der Waals surface area contributed by atoms with Gasteiger partial charge >= 0.3 is 0 Å². The van der Waals surface area contributed by atoms with E-state index >= 15 is 0 Å². The molecule has 2 aromatic heterocycles. The van der Waals surface area contributed by atoms with Crippen LogP contribution in [-0.2, 0) is 21.8 Å².